The number of likely N-dealkylation sites (N-methyl/N-ethyl adjacent to an activating group) is 1. The average molecular weight is 405 g/mol. The number of hydrogen-bond acceptors (Lipinski definition) is 5. The van der Waals surface area contributed by atoms with Crippen LogP contribution >= 0.6 is 11.6 Å². The molecule has 1 heterocycles. The van der Waals surface area contributed by atoms with Crippen molar-refractivity contribution in [1.82, 2.24) is 4.90 Å². The molecule has 1 fully saturated rings. The van der Waals surface area contributed by atoms with E-state index < -0.39 is 10.0 Å². The fourth-order valence-electron chi connectivity index (χ4n) is 3.08. The minimum Gasteiger partial charge on any atom is -0.367 e. The average Bonchev–Trinajstić information content (AvgIpc) is 2.68. The Morgan fingerprint density at radius 1 is 1.11 bits per heavy atom. The van der Waals surface area contributed by atoms with Crippen molar-refractivity contribution < 1.29 is 8.42 Å². The normalized spacial score (nSPS) is 15.4. The summed E-state index contributed by atoms with van der Waals surface area (Å²) in [5.74, 6) is 0. The van der Waals surface area contributed by atoms with Crippen LogP contribution in [0.25, 0.3) is 0 Å². The molecule has 0 spiro atoms. The van der Waals surface area contributed by atoms with Crippen LogP contribution in [0.5, 0.6) is 0 Å². The number of anilines is 2. The highest BCUT2D eigenvalue weighted by atomic mass is 35.5. The Bertz CT molecular complexity index is 947. The van der Waals surface area contributed by atoms with Crippen LogP contribution in [-0.2, 0) is 10.0 Å². The van der Waals surface area contributed by atoms with Gasteiger partial charge in [0.15, 0.2) is 0 Å². The molecule has 1 aliphatic heterocycles. The first-order valence-corrected chi connectivity index (χ1v) is 10.6. The van der Waals surface area contributed by atoms with Crippen molar-refractivity contribution in [3.05, 3.63) is 53.1 Å². The summed E-state index contributed by atoms with van der Waals surface area (Å²) in [6.07, 6.45) is 0. The molecule has 0 unspecified atom stereocenters. The summed E-state index contributed by atoms with van der Waals surface area (Å²) in [4.78, 5) is 4.62. The Labute approximate surface area is 165 Å². The fourth-order valence-corrected chi connectivity index (χ4v) is 4.32. The van der Waals surface area contributed by atoms with Crippen molar-refractivity contribution in [2.45, 2.75) is 11.8 Å². The molecule has 1 N–H and O–H groups in total. The van der Waals surface area contributed by atoms with E-state index in [1.54, 1.807) is 12.1 Å². The maximum absolute atomic E-state index is 12.8. The lowest BCUT2D eigenvalue weighted by Crippen LogP contribution is -2.46. The Balaban J connectivity index is 1.87. The van der Waals surface area contributed by atoms with Crippen LogP contribution in [0.3, 0.4) is 0 Å². The molecule has 0 bridgehead atoms. The Morgan fingerprint density at radius 2 is 1.78 bits per heavy atom. The van der Waals surface area contributed by atoms with E-state index in [2.05, 4.69) is 21.4 Å². The first-order valence-electron chi connectivity index (χ1n) is 8.73. The van der Waals surface area contributed by atoms with Crippen molar-refractivity contribution in [3.63, 3.8) is 0 Å². The third kappa shape index (κ3) is 4.53. The Morgan fingerprint density at radius 3 is 2.37 bits per heavy atom. The maximum Gasteiger partial charge on any atom is 0.261 e. The highest BCUT2D eigenvalue weighted by Gasteiger charge is 2.22. The number of piperazine rings is 1. The van der Waals surface area contributed by atoms with E-state index in [9.17, 15) is 8.42 Å². The van der Waals surface area contributed by atoms with Crippen LogP contribution in [-0.4, -0.2) is 46.0 Å². The third-order valence-corrected chi connectivity index (χ3v) is 6.27. The van der Waals surface area contributed by atoms with Gasteiger partial charge >= 0.3 is 0 Å². The highest BCUT2D eigenvalue weighted by Crippen LogP contribution is 2.32. The topological polar surface area (TPSA) is 76.4 Å². The molecule has 0 radical (unpaired) electrons. The van der Waals surface area contributed by atoms with E-state index in [4.69, 9.17) is 16.9 Å². The van der Waals surface area contributed by atoms with Crippen molar-refractivity contribution in [2.75, 3.05) is 42.3 Å². The number of hydrogen-bond donors (Lipinski definition) is 1. The first-order chi connectivity index (χ1) is 12.9. The molecule has 142 valence electrons. The predicted octanol–water partition coefficient (Wildman–Crippen LogP) is 3.15. The van der Waals surface area contributed by atoms with Crippen molar-refractivity contribution in [2.24, 2.45) is 0 Å². The lowest BCUT2D eigenvalue weighted by molar-refractivity contribution is 0.271. The summed E-state index contributed by atoms with van der Waals surface area (Å²) in [5, 5.41) is 9.34. The zero-order valence-electron chi connectivity index (χ0n) is 15.0. The van der Waals surface area contributed by atoms with Crippen molar-refractivity contribution >= 4 is 33.0 Å². The van der Waals surface area contributed by atoms with Gasteiger partial charge in [0, 0.05) is 31.2 Å². The summed E-state index contributed by atoms with van der Waals surface area (Å²) in [6, 6.07) is 13.0. The second-order valence-corrected chi connectivity index (χ2v) is 8.44. The standard InChI is InChI=1S/C19H21ClN4O2S/c1-2-23-9-11-24(12-10-23)19-8-5-16(20)13-18(19)22-27(25,26)17-6-3-15(14-21)4-7-17/h3-8,13,22H,2,9-12H2,1H3. The molecule has 6 nitrogen and oxygen atoms in total. The quantitative estimate of drug-likeness (QED) is 0.828. The number of rotatable bonds is 5. The monoisotopic (exact) mass is 404 g/mol. The molecular formula is C19H21ClN4O2S. The van der Waals surface area contributed by atoms with Gasteiger partial charge in [-0.15, -0.1) is 0 Å². The van der Waals surface area contributed by atoms with Crippen molar-refractivity contribution in [3.8, 4) is 6.07 Å². The zero-order valence-corrected chi connectivity index (χ0v) is 16.6. The molecule has 2 aromatic rings. The first kappa shape index (κ1) is 19.5. The number of sulfonamides is 1. The molecular weight excluding hydrogens is 384 g/mol. The summed E-state index contributed by atoms with van der Waals surface area (Å²) in [5.41, 5.74) is 1.68. The lowest BCUT2D eigenvalue weighted by Gasteiger charge is -2.36. The zero-order chi connectivity index (χ0) is 19.4. The van der Waals surface area contributed by atoms with Gasteiger partial charge in [0.1, 0.15) is 0 Å². The van der Waals surface area contributed by atoms with Crippen LogP contribution < -0.4 is 9.62 Å². The molecule has 0 aromatic heterocycles. The largest absolute Gasteiger partial charge is 0.367 e. The van der Waals surface area contributed by atoms with Gasteiger partial charge in [-0.3, -0.25) is 4.72 Å². The Kier molecular flexibility index (Phi) is 5.90. The van der Waals surface area contributed by atoms with Gasteiger partial charge in [-0.05, 0) is 49.0 Å². The molecule has 0 saturated carbocycles. The molecule has 0 atom stereocenters. The third-order valence-electron chi connectivity index (χ3n) is 4.66. The highest BCUT2D eigenvalue weighted by molar-refractivity contribution is 7.92. The molecule has 8 heteroatoms. The SMILES string of the molecule is CCN1CCN(c2ccc(Cl)cc2NS(=O)(=O)c2ccc(C#N)cc2)CC1. The van der Waals surface area contributed by atoms with E-state index in [-0.39, 0.29) is 4.90 Å². The maximum atomic E-state index is 12.8. The van der Waals surface area contributed by atoms with Crippen molar-refractivity contribution in [1.29, 1.82) is 5.26 Å². The summed E-state index contributed by atoms with van der Waals surface area (Å²) in [6.45, 7) is 6.64. The smallest absolute Gasteiger partial charge is 0.261 e. The molecule has 1 aliphatic rings. The van der Waals surface area contributed by atoms with E-state index in [0.29, 0.717) is 16.3 Å². The minimum absolute atomic E-state index is 0.100. The molecule has 1 saturated heterocycles. The lowest BCUT2D eigenvalue weighted by atomic mass is 10.2. The van der Waals surface area contributed by atoms with E-state index >= 15 is 0 Å². The van der Waals surface area contributed by atoms with Crippen LogP contribution in [0.15, 0.2) is 47.4 Å². The van der Waals surface area contributed by atoms with Gasteiger partial charge in [-0.25, -0.2) is 8.42 Å². The molecule has 0 amide bonds. The number of nitrogens with zero attached hydrogens (tertiary/aromatic N) is 3. The molecule has 3 rings (SSSR count). The van der Waals surface area contributed by atoms with Gasteiger partial charge in [0.25, 0.3) is 10.0 Å². The molecule has 0 aliphatic carbocycles. The van der Waals surface area contributed by atoms with Crippen LogP contribution in [0.4, 0.5) is 11.4 Å². The summed E-state index contributed by atoms with van der Waals surface area (Å²) < 4.78 is 28.2. The van der Waals surface area contributed by atoms with E-state index in [1.807, 2.05) is 12.1 Å². The number of benzene rings is 2. The van der Waals surface area contributed by atoms with Gasteiger partial charge in [-0.1, -0.05) is 18.5 Å². The number of nitrogens with one attached hydrogen (secondary N) is 1. The summed E-state index contributed by atoms with van der Waals surface area (Å²) in [7, 11) is -3.79. The van der Waals surface area contributed by atoms with E-state index in [0.717, 1.165) is 38.4 Å². The molecule has 27 heavy (non-hydrogen) atoms. The van der Waals surface area contributed by atoms with Gasteiger partial charge in [-0.2, -0.15) is 5.26 Å². The fraction of sp³-hybridized carbons (Fsp3) is 0.316. The van der Waals surface area contributed by atoms with Gasteiger partial charge in [0.05, 0.1) is 27.9 Å². The van der Waals surface area contributed by atoms with Gasteiger partial charge < -0.3 is 9.80 Å². The van der Waals surface area contributed by atoms with Gasteiger partial charge in [0.2, 0.25) is 0 Å². The Hall–Kier alpha value is -2.27. The number of nitriles is 1. The van der Waals surface area contributed by atoms with Crippen LogP contribution in [0.1, 0.15) is 12.5 Å². The summed E-state index contributed by atoms with van der Waals surface area (Å²) >= 11 is 6.12. The minimum atomic E-state index is -3.79. The van der Waals surface area contributed by atoms with Crippen LogP contribution in [0, 0.1) is 11.3 Å². The molecule has 2 aromatic carbocycles. The second-order valence-electron chi connectivity index (χ2n) is 6.32. The number of halogens is 1. The predicted molar refractivity (Wildman–Crippen MR) is 108 cm³/mol. The van der Waals surface area contributed by atoms with Crippen LogP contribution in [0.2, 0.25) is 5.02 Å². The second kappa shape index (κ2) is 8.17. The van der Waals surface area contributed by atoms with E-state index in [1.165, 1.54) is 24.3 Å².